The fraction of sp³-hybridized carbons (Fsp3) is 0.222. The minimum absolute atomic E-state index is 0.396. The van der Waals surface area contributed by atoms with Crippen LogP contribution in [0.5, 0.6) is 0 Å². The van der Waals surface area contributed by atoms with E-state index in [0.717, 1.165) is 22.3 Å². The molecule has 3 rings (SSSR count). The van der Waals surface area contributed by atoms with Gasteiger partial charge in [0.05, 0.1) is 0 Å². The van der Waals surface area contributed by atoms with Crippen LogP contribution >= 0.6 is 0 Å². The zero-order valence-electron chi connectivity index (χ0n) is 12.3. The summed E-state index contributed by atoms with van der Waals surface area (Å²) in [4.78, 5) is 24.2. The van der Waals surface area contributed by atoms with Crippen molar-refractivity contribution >= 4 is 11.6 Å². The molecule has 0 amide bonds. The van der Waals surface area contributed by atoms with Crippen LogP contribution in [0.1, 0.15) is 45.7 Å². The van der Waals surface area contributed by atoms with Crippen molar-refractivity contribution in [2.24, 2.45) is 0 Å². The van der Waals surface area contributed by atoms with E-state index in [1.54, 1.807) is 12.1 Å². The molecule has 0 bridgehead atoms. The number of aryl methyl sites for hydroxylation is 2. The summed E-state index contributed by atoms with van der Waals surface area (Å²) < 4.78 is 0. The number of rotatable bonds is 0. The number of ketones is 2. The van der Waals surface area contributed by atoms with Crippen LogP contribution < -0.4 is 0 Å². The molecule has 2 aromatic rings. The third kappa shape index (κ3) is 2.18. The molecule has 0 radical (unpaired) electrons. The van der Waals surface area contributed by atoms with E-state index in [2.05, 4.69) is 0 Å². The van der Waals surface area contributed by atoms with E-state index in [4.69, 9.17) is 0 Å². The summed E-state index contributed by atoms with van der Waals surface area (Å²) in [5, 5.41) is 0. The van der Waals surface area contributed by atoms with E-state index in [1.807, 2.05) is 52.0 Å². The SMILES string of the molecule is CC.Cc1ccc2c(c1)C(=O)C(=O)c1cc(C)ccc1-2. The van der Waals surface area contributed by atoms with Gasteiger partial charge in [0, 0.05) is 11.1 Å². The van der Waals surface area contributed by atoms with Crippen molar-refractivity contribution in [1.82, 2.24) is 0 Å². The van der Waals surface area contributed by atoms with E-state index >= 15 is 0 Å². The molecule has 1 aliphatic rings. The van der Waals surface area contributed by atoms with Gasteiger partial charge in [-0.2, -0.15) is 0 Å². The highest BCUT2D eigenvalue weighted by Crippen LogP contribution is 2.34. The average molecular weight is 266 g/mol. The number of benzene rings is 2. The summed E-state index contributed by atoms with van der Waals surface area (Å²) in [5.74, 6) is -0.793. The number of hydrogen-bond donors (Lipinski definition) is 0. The smallest absolute Gasteiger partial charge is 0.234 e. The standard InChI is InChI=1S/C16H12O2.C2H6/c1-9-3-5-11-12-6-4-10(2)8-14(12)16(18)15(17)13(11)7-9;1-2/h3-8H,1-2H3;1-2H3. The van der Waals surface area contributed by atoms with Gasteiger partial charge in [0.2, 0.25) is 11.6 Å². The molecule has 0 saturated carbocycles. The molecule has 0 aliphatic heterocycles. The Hall–Kier alpha value is -2.22. The average Bonchev–Trinajstić information content (AvgIpc) is 2.47. The van der Waals surface area contributed by atoms with E-state index in [-0.39, 0.29) is 0 Å². The highest BCUT2D eigenvalue weighted by Gasteiger charge is 2.30. The zero-order valence-corrected chi connectivity index (χ0v) is 12.3. The summed E-state index contributed by atoms with van der Waals surface area (Å²) in [6.45, 7) is 7.84. The van der Waals surface area contributed by atoms with E-state index < -0.39 is 11.6 Å². The Morgan fingerprint density at radius 2 is 0.950 bits per heavy atom. The molecule has 20 heavy (non-hydrogen) atoms. The second-order valence-corrected chi connectivity index (χ2v) is 4.76. The summed E-state index contributed by atoms with van der Waals surface area (Å²) in [6.07, 6.45) is 0. The number of Topliss-reactive ketones (excluding diaryl/α,β-unsaturated/α-hetero) is 2. The third-order valence-corrected chi connectivity index (χ3v) is 3.34. The van der Waals surface area contributed by atoms with Gasteiger partial charge in [0.25, 0.3) is 0 Å². The van der Waals surface area contributed by atoms with Crippen LogP contribution in [0.25, 0.3) is 11.1 Å². The van der Waals surface area contributed by atoms with Gasteiger partial charge in [-0.15, -0.1) is 0 Å². The Bertz CT molecular complexity index is 635. The number of hydrogen-bond acceptors (Lipinski definition) is 2. The Balaban J connectivity index is 0.000000704. The van der Waals surface area contributed by atoms with Crippen molar-refractivity contribution in [3.05, 3.63) is 58.7 Å². The molecule has 0 fully saturated rings. The van der Waals surface area contributed by atoms with Gasteiger partial charge in [-0.05, 0) is 37.1 Å². The Morgan fingerprint density at radius 3 is 1.30 bits per heavy atom. The number of carbonyl (C=O) groups is 2. The summed E-state index contributed by atoms with van der Waals surface area (Å²) >= 11 is 0. The lowest BCUT2D eigenvalue weighted by Gasteiger charge is -2.18. The summed E-state index contributed by atoms with van der Waals surface area (Å²) in [5.41, 5.74) is 4.75. The first-order chi connectivity index (χ1) is 9.58. The highest BCUT2D eigenvalue weighted by atomic mass is 16.2. The van der Waals surface area contributed by atoms with Crippen molar-refractivity contribution in [1.29, 1.82) is 0 Å². The minimum Gasteiger partial charge on any atom is -0.285 e. The van der Waals surface area contributed by atoms with Crippen molar-refractivity contribution in [3.8, 4) is 11.1 Å². The molecule has 2 aromatic carbocycles. The third-order valence-electron chi connectivity index (χ3n) is 3.34. The largest absolute Gasteiger partial charge is 0.285 e. The Kier molecular flexibility index (Phi) is 3.84. The molecule has 0 spiro atoms. The van der Waals surface area contributed by atoms with Crippen molar-refractivity contribution < 1.29 is 9.59 Å². The van der Waals surface area contributed by atoms with Crippen LogP contribution in [0.15, 0.2) is 36.4 Å². The molecule has 102 valence electrons. The van der Waals surface area contributed by atoms with Gasteiger partial charge >= 0.3 is 0 Å². The molecule has 2 heteroatoms. The molecule has 1 aliphatic carbocycles. The lowest BCUT2D eigenvalue weighted by Crippen LogP contribution is -2.21. The molecule has 0 N–H and O–H groups in total. The lowest BCUT2D eigenvalue weighted by atomic mass is 9.82. The number of carbonyl (C=O) groups excluding carboxylic acids is 2. The molecule has 0 heterocycles. The zero-order chi connectivity index (χ0) is 14.9. The molecular weight excluding hydrogens is 248 g/mol. The van der Waals surface area contributed by atoms with Gasteiger partial charge in [0.15, 0.2) is 0 Å². The van der Waals surface area contributed by atoms with E-state index in [1.165, 1.54) is 0 Å². The van der Waals surface area contributed by atoms with Gasteiger partial charge < -0.3 is 0 Å². The van der Waals surface area contributed by atoms with Gasteiger partial charge in [-0.25, -0.2) is 0 Å². The predicted molar refractivity (Wildman–Crippen MR) is 81.4 cm³/mol. The molecule has 0 unspecified atom stereocenters. The van der Waals surface area contributed by atoms with Crippen molar-refractivity contribution in [3.63, 3.8) is 0 Å². The molecule has 2 nitrogen and oxygen atoms in total. The topological polar surface area (TPSA) is 34.1 Å². The first-order valence-corrected chi connectivity index (χ1v) is 6.88. The highest BCUT2D eigenvalue weighted by molar-refractivity contribution is 6.53. The van der Waals surface area contributed by atoms with Crippen LogP contribution in [-0.2, 0) is 0 Å². The molecular formula is C18H18O2. The summed E-state index contributed by atoms with van der Waals surface area (Å²) in [6, 6.07) is 11.3. The Labute approximate surface area is 119 Å². The maximum atomic E-state index is 12.1. The van der Waals surface area contributed by atoms with Crippen LogP contribution in [0.2, 0.25) is 0 Å². The second kappa shape index (κ2) is 5.41. The van der Waals surface area contributed by atoms with Gasteiger partial charge in [-0.1, -0.05) is 49.2 Å². The maximum Gasteiger partial charge on any atom is 0.234 e. The van der Waals surface area contributed by atoms with E-state index in [0.29, 0.717) is 11.1 Å². The van der Waals surface area contributed by atoms with Gasteiger partial charge in [0.1, 0.15) is 0 Å². The fourth-order valence-electron chi connectivity index (χ4n) is 2.41. The second-order valence-electron chi connectivity index (χ2n) is 4.76. The predicted octanol–water partition coefficient (Wildman–Crippen LogP) is 4.38. The molecule has 0 atom stereocenters. The van der Waals surface area contributed by atoms with E-state index in [9.17, 15) is 9.59 Å². The normalized spacial score (nSPS) is 12.2. The molecule has 0 saturated heterocycles. The first-order valence-electron chi connectivity index (χ1n) is 6.88. The van der Waals surface area contributed by atoms with Crippen molar-refractivity contribution in [2.75, 3.05) is 0 Å². The summed E-state index contributed by atoms with van der Waals surface area (Å²) in [7, 11) is 0. The molecule has 0 aromatic heterocycles. The number of fused-ring (bicyclic) bond motifs is 3. The van der Waals surface area contributed by atoms with Crippen molar-refractivity contribution in [2.45, 2.75) is 27.7 Å². The fourth-order valence-corrected chi connectivity index (χ4v) is 2.41. The lowest BCUT2D eigenvalue weighted by molar-refractivity contribution is 0.0815. The monoisotopic (exact) mass is 266 g/mol. The van der Waals surface area contributed by atoms with Crippen LogP contribution in [-0.4, -0.2) is 11.6 Å². The van der Waals surface area contributed by atoms with Crippen LogP contribution in [0.4, 0.5) is 0 Å². The maximum absolute atomic E-state index is 12.1. The Morgan fingerprint density at radius 1 is 0.600 bits per heavy atom. The van der Waals surface area contributed by atoms with Gasteiger partial charge in [-0.3, -0.25) is 9.59 Å². The van der Waals surface area contributed by atoms with Crippen LogP contribution in [0.3, 0.4) is 0 Å². The quantitative estimate of drug-likeness (QED) is 0.663. The first kappa shape index (κ1) is 14.2. The minimum atomic E-state index is -0.396. The van der Waals surface area contributed by atoms with Crippen LogP contribution in [0, 0.1) is 13.8 Å².